The number of aromatic hydroxyl groups is 1. The van der Waals surface area contributed by atoms with E-state index >= 15 is 0 Å². The average Bonchev–Trinajstić information content (AvgIpc) is 2.91. The Morgan fingerprint density at radius 2 is 1.96 bits per heavy atom. The predicted octanol–water partition coefficient (Wildman–Crippen LogP) is 3.97. The number of nitrogens with two attached hydrogens (primary N) is 1. The quantitative estimate of drug-likeness (QED) is 0.446. The molecule has 0 radical (unpaired) electrons. The zero-order valence-electron chi connectivity index (χ0n) is 13.5. The molecule has 5 N–H and O–H groups in total. The van der Waals surface area contributed by atoms with Crippen LogP contribution in [0.5, 0.6) is 5.75 Å². The number of phenols is 1. The molecule has 0 saturated heterocycles. The summed E-state index contributed by atoms with van der Waals surface area (Å²) >= 11 is 5.92. The number of aromatic nitrogens is 3. The Kier molecular flexibility index (Phi) is 3.62. The van der Waals surface area contributed by atoms with Gasteiger partial charge in [-0.1, -0.05) is 23.7 Å². The summed E-state index contributed by atoms with van der Waals surface area (Å²) in [5.41, 5.74) is 9.20. The molecule has 126 valence electrons. The van der Waals surface area contributed by atoms with Crippen LogP contribution < -0.4 is 11.1 Å². The molecule has 0 aliphatic rings. The van der Waals surface area contributed by atoms with Crippen molar-refractivity contribution in [2.75, 3.05) is 11.1 Å². The lowest BCUT2D eigenvalue weighted by molar-refractivity contribution is 0.472. The van der Waals surface area contributed by atoms with Crippen molar-refractivity contribution in [3.63, 3.8) is 0 Å². The number of halogens is 1. The van der Waals surface area contributed by atoms with Crippen LogP contribution in [0.4, 0.5) is 11.8 Å². The Morgan fingerprint density at radius 1 is 1.20 bits per heavy atom. The largest absolute Gasteiger partial charge is 0.508 e. The normalized spacial score (nSPS) is 11.3. The fourth-order valence-electron chi connectivity index (χ4n) is 2.87. The molecule has 4 aromatic rings. The minimum Gasteiger partial charge on any atom is -0.508 e. The smallest absolute Gasteiger partial charge is 0.223 e. The van der Waals surface area contributed by atoms with Crippen molar-refractivity contribution >= 4 is 45.3 Å². The number of rotatable bonds is 3. The Hall–Kier alpha value is -2.99. The molecule has 0 atom stereocenters. The summed E-state index contributed by atoms with van der Waals surface area (Å²) in [6, 6.07) is 11.2. The molecule has 0 bridgehead atoms. The summed E-state index contributed by atoms with van der Waals surface area (Å²) in [5.74, 6) is 1.03. The first-order valence-corrected chi connectivity index (χ1v) is 8.16. The van der Waals surface area contributed by atoms with Crippen LogP contribution in [0, 0.1) is 6.92 Å². The topological polar surface area (TPSA) is 99.9 Å². The molecule has 2 aromatic carbocycles. The molecule has 0 aliphatic heterocycles. The highest BCUT2D eigenvalue weighted by atomic mass is 35.5. The van der Waals surface area contributed by atoms with E-state index in [9.17, 15) is 5.11 Å². The number of hydrogen-bond donors (Lipinski definition) is 4. The SMILES string of the molecule is Cc1cc2[nH]c3nc(N)nc(NCc4ccc(Cl)cc4)c3c2cc1O. The molecule has 0 fully saturated rings. The first kappa shape index (κ1) is 15.5. The molecule has 0 spiro atoms. The van der Waals surface area contributed by atoms with Gasteiger partial charge >= 0.3 is 0 Å². The van der Waals surface area contributed by atoms with E-state index in [4.69, 9.17) is 17.3 Å². The van der Waals surface area contributed by atoms with E-state index in [1.54, 1.807) is 6.07 Å². The van der Waals surface area contributed by atoms with Gasteiger partial charge in [0.25, 0.3) is 0 Å². The summed E-state index contributed by atoms with van der Waals surface area (Å²) in [5, 5.41) is 15.7. The van der Waals surface area contributed by atoms with E-state index in [-0.39, 0.29) is 11.7 Å². The van der Waals surface area contributed by atoms with Crippen molar-refractivity contribution in [3.05, 3.63) is 52.5 Å². The number of aromatic amines is 1. The van der Waals surface area contributed by atoms with Gasteiger partial charge in [-0.05, 0) is 42.3 Å². The Balaban J connectivity index is 1.81. The number of fused-ring (bicyclic) bond motifs is 3. The number of phenolic OH excluding ortho intramolecular Hbond substituents is 1. The Morgan fingerprint density at radius 3 is 2.72 bits per heavy atom. The maximum Gasteiger partial charge on any atom is 0.223 e. The molecular weight excluding hydrogens is 338 g/mol. The minimum absolute atomic E-state index is 0.179. The van der Waals surface area contributed by atoms with Gasteiger partial charge in [-0.2, -0.15) is 9.97 Å². The van der Waals surface area contributed by atoms with Crippen molar-refractivity contribution < 1.29 is 5.11 Å². The van der Waals surface area contributed by atoms with Crippen LogP contribution in [-0.2, 0) is 6.54 Å². The summed E-state index contributed by atoms with van der Waals surface area (Å²) in [4.78, 5) is 11.8. The Labute approximate surface area is 148 Å². The standard InChI is InChI=1S/C18H16ClN5O/c1-9-6-13-12(7-14(9)25)15-16(23-18(20)24-17(15)22-13)21-8-10-2-4-11(19)5-3-10/h2-7,25H,8H2,1H3,(H4,20,21,22,23,24). The van der Waals surface area contributed by atoms with Gasteiger partial charge in [0, 0.05) is 22.5 Å². The third-order valence-electron chi connectivity index (χ3n) is 4.16. The first-order chi connectivity index (χ1) is 12.0. The second-order valence-corrected chi connectivity index (χ2v) is 6.38. The molecule has 4 rings (SSSR count). The van der Waals surface area contributed by atoms with Crippen molar-refractivity contribution in [3.8, 4) is 5.75 Å². The second kappa shape index (κ2) is 5.82. The number of nitrogens with zero attached hydrogens (tertiary/aromatic N) is 2. The fraction of sp³-hybridized carbons (Fsp3) is 0.111. The highest BCUT2D eigenvalue weighted by molar-refractivity contribution is 6.30. The van der Waals surface area contributed by atoms with Gasteiger partial charge < -0.3 is 21.1 Å². The maximum absolute atomic E-state index is 10.1. The number of anilines is 2. The second-order valence-electron chi connectivity index (χ2n) is 5.94. The van der Waals surface area contributed by atoms with Crippen molar-refractivity contribution in [1.82, 2.24) is 15.0 Å². The van der Waals surface area contributed by atoms with Gasteiger partial charge in [-0.15, -0.1) is 0 Å². The third kappa shape index (κ3) is 2.81. The van der Waals surface area contributed by atoms with E-state index in [1.165, 1.54) is 0 Å². The molecule has 6 nitrogen and oxygen atoms in total. The number of nitrogens with one attached hydrogen (secondary N) is 2. The van der Waals surface area contributed by atoms with E-state index in [2.05, 4.69) is 20.3 Å². The highest BCUT2D eigenvalue weighted by Gasteiger charge is 2.14. The van der Waals surface area contributed by atoms with Crippen molar-refractivity contribution in [1.29, 1.82) is 0 Å². The zero-order valence-corrected chi connectivity index (χ0v) is 14.2. The predicted molar refractivity (Wildman–Crippen MR) is 101 cm³/mol. The maximum atomic E-state index is 10.1. The van der Waals surface area contributed by atoms with Crippen LogP contribution in [0.2, 0.25) is 5.02 Å². The molecule has 2 aromatic heterocycles. The van der Waals surface area contributed by atoms with Crippen LogP contribution >= 0.6 is 11.6 Å². The summed E-state index contributed by atoms with van der Waals surface area (Å²) in [7, 11) is 0. The molecular formula is C18H16ClN5O. The monoisotopic (exact) mass is 353 g/mol. The van der Waals surface area contributed by atoms with Crippen LogP contribution in [0.15, 0.2) is 36.4 Å². The van der Waals surface area contributed by atoms with Gasteiger partial charge in [0.2, 0.25) is 5.95 Å². The van der Waals surface area contributed by atoms with E-state index < -0.39 is 0 Å². The lowest BCUT2D eigenvalue weighted by Crippen LogP contribution is -2.05. The molecule has 0 amide bonds. The Bertz CT molecular complexity index is 1090. The molecule has 7 heteroatoms. The van der Waals surface area contributed by atoms with Crippen molar-refractivity contribution in [2.24, 2.45) is 0 Å². The van der Waals surface area contributed by atoms with Crippen molar-refractivity contribution in [2.45, 2.75) is 13.5 Å². The summed E-state index contributed by atoms with van der Waals surface area (Å²) in [6.45, 7) is 2.41. The number of benzene rings is 2. The minimum atomic E-state index is 0.179. The fourth-order valence-corrected chi connectivity index (χ4v) is 3.00. The molecule has 2 heterocycles. The average molecular weight is 354 g/mol. The van der Waals surface area contributed by atoms with Gasteiger partial charge in [-0.3, -0.25) is 0 Å². The first-order valence-electron chi connectivity index (χ1n) is 7.78. The zero-order chi connectivity index (χ0) is 17.6. The lowest BCUT2D eigenvalue weighted by atomic mass is 10.1. The molecule has 0 saturated carbocycles. The van der Waals surface area contributed by atoms with E-state index in [0.29, 0.717) is 23.0 Å². The highest BCUT2D eigenvalue weighted by Crippen LogP contribution is 2.34. The third-order valence-corrected chi connectivity index (χ3v) is 4.41. The van der Waals surface area contributed by atoms with Gasteiger partial charge in [-0.25, -0.2) is 0 Å². The number of nitrogen functional groups attached to an aromatic ring is 1. The molecule has 0 aliphatic carbocycles. The van der Waals surface area contributed by atoms with Gasteiger partial charge in [0.15, 0.2) is 0 Å². The molecule has 0 unspecified atom stereocenters. The van der Waals surface area contributed by atoms with Gasteiger partial charge in [0.05, 0.1) is 5.39 Å². The van der Waals surface area contributed by atoms with Crippen LogP contribution in [-0.4, -0.2) is 20.1 Å². The van der Waals surface area contributed by atoms with E-state index in [0.717, 1.165) is 27.4 Å². The number of hydrogen-bond acceptors (Lipinski definition) is 5. The number of aryl methyl sites for hydroxylation is 1. The lowest BCUT2D eigenvalue weighted by Gasteiger charge is -2.08. The van der Waals surface area contributed by atoms with Crippen LogP contribution in [0.3, 0.4) is 0 Å². The van der Waals surface area contributed by atoms with Crippen LogP contribution in [0.1, 0.15) is 11.1 Å². The van der Waals surface area contributed by atoms with Gasteiger partial charge in [0.1, 0.15) is 17.2 Å². The number of H-pyrrole nitrogens is 1. The van der Waals surface area contributed by atoms with E-state index in [1.807, 2.05) is 37.3 Å². The summed E-state index contributed by atoms with van der Waals surface area (Å²) < 4.78 is 0. The summed E-state index contributed by atoms with van der Waals surface area (Å²) in [6.07, 6.45) is 0. The van der Waals surface area contributed by atoms with Crippen LogP contribution in [0.25, 0.3) is 21.9 Å². The molecule has 25 heavy (non-hydrogen) atoms.